The first-order chi connectivity index (χ1) is 23.0. The van der Waals surface area contributed by atoms with Crippen LogP contribution in [0.15, 0.2) is 48.5 Å². The molecule has 0 bridgehead atoms. The standard InChI is InChI=1S/C38H55NO8/c1-3-5-7-9-11-12-14-15-29-43-32-19-17-31(18-20-32)36(40)45-33-21-23-34(24-22-33)46-38(42)47-35-25-27-39(28-26-35)37(41)44-30-16-13-10-8-6-4-2/h17-24,35H,3-16,25-30H2,1-2H3. The number of piperidine rings is 1. The summed E-state index contributed by atoms with van der Waals surface area (Å²) in [5.74, 6) is 0.820. The van der Waals surface area contributed by atoms with Crippen LogP contribution in [0.4, 0.5) is 9.59 Å². The zero-order valence-corrected chi connectivity index (χ0v) is 28.6. The van der Waals surface area contributed by atoms with E-state index in [9.17, 15) is 14.4 Å². The largest absolute Gasteiger partial charge is 0.514 e. The molecule has 0 aromatic heterocycles. The normalized spacial score (nSPS) is 13.2. The van der Waals surface area contributed by atoms with Crippen molar-refractivity contribution >= 4 is 18.2 Å². The Morgan fingerprint density at radius 2 is 1.11 bits per heavy atom. The maximum absolute atomic E-state index is 12.6. The van der Waals surface area contributed by atoms with Gasteiger partial charge in [0.05, 0.1) is 18.8 Å². The van der Waals surface area contributed by atoms with Crippen molar-refractivity contribution in [1.29, 1.82) is 0 Å². The molecule has 1 aliphatic heterocycles. The SMILES string of the molecule is CCCCCCCCCCOc1ccc(C(=O)Oc2ccc(OC(=O)OC3CCN(C(=O)OCCCCCCCC)CC3)cc2)cc1. The van der Waals surface area contributed by atoms with Crippen LogP contribution in [0.3, 0.4) is 0 Å². The number of ether oxygens (including phenoxy) is 5. The molecule has 3 rings (SSSR count). The Hall–Kier alpha value is -3.75. The Balaban J connectivity index is 1.28. The van der Waals surface area contributed by atoms with Crippen LogP contribution in [0.5, 0.6) is 17.2 Å². The summed E-state index contributed by atoms with van der Waals surface area (Å²) in [6.45, 7) is 6.45. The Labute approximate surface area is 281 Å². The van der Waals surface area contributed by atoms with Crippen LogP contribution in [0.1, 0.15) is 127 Å². The average Bonchev–Trinajstić information content (AvgIpc) is 3.08. The van der Waals surface area contributed by atoms with Crippen molar-refractivity contribution in [2.24, 2.45) is 0 Å². The molecule has 0 atom stereocenters. The number of unbranched alkanes of at least 4 members (excludes halogenated alkanes) is 12. The second-order valence-corrected chi connectivity index (χ2v) is 12.2. The Kier molecular flexibility index (Phi) is 18.2. The number of hydrogen-bond acceptors (Lipinski definition) is 8. The number of nitrogens with zero attached hydrogens (tertiary/aromatic N) is 1. The lowest BCUT2D eigenvalue weighted by Gasteiger charge is -2.30. The molecule has 0 unspecified atom stereocenters. The molecule has 1 amide bonds. The molecule has 9 heteroatoms. The summed E-state index contributed by atoms with van der Waals surface area (Å²) in [5.41, 5.74) is 0.408. The molecule has 1 heterocycles. The lowest BCUT2D eigenvalue weighted by Crippen LogP contribution is -2.42. The molecule has 0 spiro atoms. The van der Waals surface area contributed by atoms with Crippen LogP contribution in [-0.4, -0.2) is 55.5 Å². The summed E-state index contributed by atoms with van der Waals surface area (Å²) in [5, 5.41) is 0. The molecule has 1 fully saturated rings. The molecular weight excluding hydrogens is 598 g/mol. The highest BCUT2D eigenvalue weighted by atomic mass is 16.7. The van der Waals surface area contributed by atoms with E-state index in [0.717, 1.165) is 25.0 Å². The van der Waals surface area contributed by atoms with Crippen molar-refractivity contribution in [2.45, 2.75) is 123 Å². The van der Waals surface area contributed by atoms with E-state index in [0.29, 0.717) is 50.5 Å². The van der Waals surface area contributed by atoms with Gasteiger partial charge in [-0.1, -0.05) is 90.9 Å². The van der Waals surface area contributed by atoms with Crippen molar-refractivity contribution in [3.63, 3.8) is 0 Å². The predicted molar refractivity (Wildman–Crippen MR) is 182 cm³/mol. The van der Waals surface area contributed by atoms with E-state index in [-0.39, 0.29) is 17.9 Å². The number of rotatable bonds is 21. The van der Waals surface area contributed by atoms with Gasteiger partial charge >= 0.3 is 18.2 Å². The van der Waals surface area contributed by atoms with Gasteiger partial charge < -0.3 is 28.6 Å². The van der Waals surface area contributed by atoms with Gasteiger partial charge in [0, 0.05) is 25.9 Å². The van der Waals surface area contributed by atoms with Crippen molar-refractivity contribution in [3.8, 4) is 17.2 Å². The van der Waals surface area contributed by atoms with Crippen LogP contribution in [-0.2, 0) is 9.47 Å². The lowest BCUT2D eigenvalue weighted by molar-refractivity contribution is 0.0217. The smallest absolute Gasteiger partial charge is 0.494 e. The third-order valence-corrected chi connectivity index (χ3v) is 8.28. The molecule has 0 N–H and O–H groups in total. The summed E-state index contributed by atoms with van der Waals surface area (Å²) in [7, 11) is 0. The molecule has 260 valence electrons. The fraction of sp³-hybridized carbons (Fsp3) is 0.605. The second-order valence-electron chi connectivity index (χ2n) is 12.2. The van der Waals surface area contributed by atoms with Gasteiger partial charge in [0.25, 0.3) is 0 Å². The van der Waals surface area contributed by atoms with E-state index >= 15 is 0 Å². The monoisotopic (exact) mass is 653 g/mol. The first kappa shape index (κ1) is 37.7. The molecule has 1 aliphatic rings. The Bertz CT molecular complexity index is 1160. The van der Waals surface area contributed by atoms with E-state index in [2.05, 4.69) is 13.8 Å². The summed E-state index contributed by atoms with van der Waals surface area (Å²) in [4.78, 5) is 38.9. The zero-order valence-electron chi connectivity index (χ0n) is 28.6. The fourth-order valence-electron chi connectivity index (χ4n) is 5.40. The molecule has 47 heavy (non-hydrogen) atoms. The summed E-state index contributed by atoms with van der Waals surface area (Å²) in [6.07, 6.45) is 16.4. The van der Waals surface area contributed by atoms with Gasteiger partial charge in [0.2, 0.25) is 0 Å². The Morgan fingerprint density at radius 1 is 0.617 bits per heavy atom. The second kappa shape index (κ2) is 22.7. The maximum atomic E-state index is 12.6. The molecule has 0 radical (unpaired) electrons. The van der Waals surface area contributed by atoms with Crippen molar-refractivity contribution in [1.82, 2.24) is 4.90 Å². The summed E-state index contributed by atoms with van der Waals surface area (Å²) < 4.78 is 27.4. The van der Waals surface area contributed by atoms with Crippen LogP contribution in [0.25, 0.3) is 0 Å². The molecule has 1 saturated heterocycles. The third-order valence-electron chi connectivity index (χ3n) is 8.28. The number of hydrogen-bond donors (Lipinski definition) is 0. The van der Waals surface area contributed by atoms with Gasteiger partial charge in [-0.05, 0) is 61.4 Å². The zero-order chi connectivity index (χ0) is 33.5. The number of benzene rings is 2. The highest BCUT2D eigenvalue weighted by Crippen LogP contribution is 2.22. The van der Waals surface area contributed by atoms with E-state index in [1.807, 2.05) is 0 Å². The van der Waals surface area contributed by atoms with Gasteiger partial charge in [0.15, 0.2) is 0 Å². The van der Waals surface area contributed by atoms with Gasteiger partial charge in [-0.3, -0.25) is 0 Å². The number of amides is 1. The van der Waals surface area contributed by atoms with Gasteiger partial charge in [-0.15, -0.1) is 0 Å². The van der Waals surface area contributed by atoms with Crippen LogP contribution < -0.4 is 14.2 Å². The maximum Gasteiger partial charge on any atom is 0.514 e. The average molecular weight is 654 g/mol. The van der Waals surface area contributed by atoms with E-state index in [1.54, 1.807) is 41.3 Å². The number of carbonyl (C=O) groups excluding carboxylic acids is 3. The van der Waals surface area contributed by atoms with E-state index < -0.39 is 12.1 Å². The first-order valence-corrected chi connectivity index (χ1v) is 17.8. The van der Waals surface area contributed by atoms with Crippen molar-refractivity contribution < 1.29 is 38.1 Å². The highest BCUT2D eigenvalue weighted by Gasteiger charge is 2.26. The molecule has 0 aliphatic carbocycles. The number of carbonyl (C=O) groups is 3. The third kappa shape index (κ3) is 15.6. The molecular formula is C38H55NO8. The van der Waals surface area contributed by atoms with Crippen molar-refractivity contribution in [3.05, 3.63) is 54.1 Å². The van der Waals surface area contributed by atoms with E-state index in [1.165, 1.54) is 82.8 Å². The molecule has 0 saturated carbocycles. The van der Waals surface area contributed by atoms with Gasteiger partial charge in [-0.2, -0.15) is 0 Å². The minimum Gasteiger partial charge on any atom is -0.494 e. The van der Waals surface area contributed by atoms with Gasteiger partial charge in [0.1, 0.15) is 23.4 Å². The predicted octanol–water partition coefficient (Wildman–Crippen LogP) is 9.90. The lowest BCUT2D eigenvalue weighted by atomic mass is 10.1. The quantitative estimate of drug-likeness (QED) is 0.0568. The minimum atomic E-state index is -0.816. The van der Waals surface area contributed by atoms with Crippen molar-refractivity contribution in [2.75, 3.05) is 26.3 Å². The van der Waals surface area contributed by atoms with Gasteiger partial charge in [-0.25, -0.2) is 14.4 Å². The Morgan fingerprint density at radius 3 is 1.68 bits per heavy atom. The number of likely N-dealkylation sites (tertiary alicyclic amines) is 1. The first-order valence-electron chi connectivity index (χ1n) is 17.8. The summed E-state index contributed by atoms with van der Waals surface area (Å²) in [6, 6.07) is 13.1. The topological polar surface area (TPSA) is 101 Å². The molecule has 9 nitrogen and oxygen atoms in total. The minimum absolute atomic E-state index is 0.267. The van der Waals surface area contributed by atoms with Crippen LogP contribution in [0.2, 0.25) is 0 Å². The highest BCUT2D eigenvalue weighted by molar-refractivity contribution is 5.91. The number of esters is 1. The summed E-state index contributed by atoms with van der Waals surface area (Å²) >= 11 is 0. The van der Waals surface area contributed by atoms with Crippen LogP contribution in [0, 0.1) is 0 Å². The van der Waals surface area contributed by atoms with Crippen LogP contribution >= 0.6 is 0 Å². The van der Waals surface area contributed by atoms with E-state index in [4.69, 9.17) is 23.7 Å². The molecule has 2 aromatic rings. The molecule has 2 aromatic carbocycles. The fourth-order valence-corrected chi connectivity index (χ4v) is 5.40.